The van der Waals surface area contributed by atoms with Crippen molar-refractivity contribution in [2.75, 3.05) is 33.3 Å². The second-order valence-electron chi connectivity index (χ2n) is 8.53. The first-order valence-corrected chi connectivity index (χ1v) is 11.9. The Hall–Kier alpha value is -2.21. The summed E-state index contributed by atoms with van der Waals surface area (Å²) in [5.74, 6) is 1.36. The Morgan fingerprint density at radius 2 is 1.64 bits per heavy atom. The van der Waals surface area contributed by atoms with Crippen molar-refractivity contribution in [2.45, 2.75) is 12.8 Å². The highest BCUT2D eigenvalue weighted by Gasteiger charge is 2.42. The van der Waals surface area contributed by atoms with Crippen LogP contribution in [-0.4, -0.2) is 54.9 Å². The lowest BCUT2D eigenvalue weighted by molar-refractivity contribution is -0.130. The first-order chi connectivity index (χ1) is 15.8. The van der Waals surface area contributed by atoms with Crippen LogP contribution >= 0.6 is 34.8 Å². The van der Waals surface area contributed by atoms with Crippen LogP contribution < -0.4 is 4.74 Å². The molecule has 2 aromatic rings. The third kappa shape index (κ3) is 5.01. The average molecular weight is 508 g/mol. The Kier molecular flexibility index (Phi) is 7.22. The molecule has 2 aliphatic heterocycles. The molecule has 0 radical (unpaired) electrons. The Morgan fingerprint density at radius 3 is 2.27 bits per heavy atom. The maximum absolute atomic E-state index is 13.0. The fourth-order valence-electron chi connectivity index (χ4n) is 4.80. The van der Waals surface area contributed by atoms with E-state index < -0.39 is 0 Å². The van der Waals surface area contributed by atoms with Crippen molar-refractivity contribution >= 4 is 46.6 Å². The summed E-state index contributed by atoms with van der Waals surface area (Å²) in [6, 6.07) is 8.90. The van der Waals surface area contributed by atoms with E-state index in [1.165, 1.54) is 6.08 Å². The van der Waals surface area contributed by atoms with Crippen molar-refractivity contribution in [3.63, 3.8) is 0 Å². The zero-order valence-corrected chi connectivity index (χ0v) is 20.6. The second kappa shape index (κ2) is 9.96. The van der Waals surface area contributed by atoms with Crippen molar-refractivity contribution in [1.82, 2.24) is 9.80 Å². The van der Waals surface area contributed by atoms with Gasteiger partial charge in [0.25, 0.3) is 0 Å². The lowest BCUT2D eigenvalue weighted by Crippen LogP contribution is -2.35. The minimum absolute atomic E-state index is 0.0345. The minimum atomic E-state index is -0.0345. The molecule has 2 heterocycles. The number of hydrogen-bond acceptors (Lipinski definition) is 3. The summed E-state index contributed by atoms with van der Waals surface area (Å²) in [6.45, 7) is 6.31. The first-order valence-electron chi connectivity index (χ1n) is 10.8. The standard InChI is InChI=1S/C25H25Cl3N2O3/c1-3-24(31)29-11-16-13-30(14-17(16)12-29)25(32)7-4-15-8-19(22(28)10-23(15)33-2)20-9-18(26)5-6-21(20)27/h3,5-6,8-10,16-17H,1,4,7,11-14H2,2H3. The molecule has 2 aliphatic rings. The molecule has 0 aromatic heterocycles. The molecule has 0 bridgehead atoms. The number of likely N-dealkylation sites (tertiary alicyclic amines) is 2. The molecular formula is C25H25Cl3N2O3. The summed E-state index contributed by atoms with van der Waals surface area (Å²) in [5, 5.41) is 1.60. The smallest absolute Gasteiger partial charge is 0.245 e. The lowest BCUT2D eigenvalue weighted by Gasteiger charge is -2.21. The van der Waals surface area contributed by atoms with E-state index in [0.29, 0.717) is 71.7 Å². The summed E-state index contributed by atoms with van der Waals surface area (Å²) < 4.78 is 5.52. The van der Waals surface area contributed by atoms with Gasteiger partial charge in [-0.2, -0.15) is 0 Å². The van der Waals surface area contributed by atoms with E-state index in [1.807, 2.05) is 15.9 Å². The molecule has 2 aromatic carbocycles. The van der Waals surface area contributed by atoms with Gasteiger partial charge >= 0.3 is 0 Å². The number of nitrogens with zero attached hydrogens (tertiary/aromatic N) is 2. The van der Waals surface area contributed by atoms with Crippen LogP contribution in [0.25, 0.3) is 11.1 Å². The molecule has 2 fully saturated rings. The van der Waals surface area contributed by atoms with E-state index in [1.54, 1.807) is 31.4 Å². The van der Waals surface area contributed by atoms with Crippen LogP contribution in [0.15, 0.2) is 43.0 Å². The van der Waals surface area contributed by atoms with Crippen LogP contribution in [0.5, 0.6) is 5.75 Å². The zero-order chi connectivity index (χ0) is 23.7. The predicted molar refractivity (Wildman–Crippen MR) is 132 cm³/mol. The summed E-state index contributed by atoms with van der Waals surface area (Å²) >= 11 is 19.1. The number of carbonyl (C=O) groups is 2. The maximum Gasteiger partial charge on any atom is 0.245 e. The van der Waals surface area contributed by atoms with Gasteiger partial charge in [-0.25, -0.2) is 0 Å². The number of rotatable bonds is 6. The largest absolute Gasteiger partial charge is 0.496 e. The van der Waals surface area contributed by atoms with Crippen LogP contribution in [0.3, 0.4) is 0 Å². The minimum Gasteiger partial charge on any atom is -0.496 e. The van der Waals surface area contributed by atoms with Crippen molar-refractivity contribution in [3.05, 3.63) is 63.6 Å². The summed E-state index contributed by atoms with van der Waals surface area (Å²) in [6.07, 6.45) is 2.22. The van der Waals surface area contributed by atoms with Crippen LogP contribution in [0.2, 0.25) is 15.1 Å². The molecule has 5 nitrogen and oxygen atoms in total. The van der Waals surface area contributed by atoms with Crippen LogP contribution in [0, 0.1) is 11.8 Å². The highest BCUT2D eigenvalue weighted by atomic mass is 35.5. The molecule has 8 heteroatoms. The van der Waals surface area contributed by atoms with Gasteiger partial charge in [0.2, 0.25) is 11.8 Å². The van der Waals surface area contributed by atoms with Gasteiger partial charge in [-0.15, -0.1) is 0 Å². The summed E-state index contributed by atoms with van der Waals surface area (Å²) in [5.41, 5.74) is 2.36. The van der Waals surface area contributed by atoms with Gasteiger partial charge < -0.3 is 14.5 Å². The number of ether oxygens (including phenoxy) is 1. The number of amides is 2. The third-order valence-electron chi connectivity index (χ3n) is 6.52. The summed E-state index contributed by atoms with van der Waals surface area (Å²) in [7, 11) is 1.58. The molecule has 33 heavy (non-hydrogen) atoms. The number of aryl methyl sites for hydroxylation is 1. The number of methoxy groups -OCH3 is 1. The number of hydrogen-bond donors (Lipinski definition) is 0. The fourth-order valence-corrected chi connectivity index (χ4v) is 5.45. The van der Waals surface area contributed by atoms with Crippen molar-refractivity contribution in [2.24, 2.45) is 11.8 Å². The molecule has 0 spiro atoms. The monoisotopic (exact) mass is 506 g/mol. The number of halogens is 3. The normalized spacial score (nSPS) is 19.5. The van der Waals surface area contributed by atoms with Gasteiger partial charge in [-0.1, -0.05) is 41.4 Å². The van der Waals surface area contributed by atoms with Crippen LogP contribution in [0.1, 0.15) is 12.0 Å². The molecule has 174 valence electrons. The quantitative estimate of drug-likeness (QED) is 0.495. The van der Waals surface area contributed by atoms with Crippen molar-refractivity contribution < 1.29 is 14.3 Å². The van der Waals surface area contributed by atoms with E-state index in [-0.39, 0.29) is 11.8 Å². The van der Waals surface area contributed by atoms with E-state index in [4.69, 9.17) is 39.5 Å². The molecule has 2 saturated heterocycles. The van der Waals surface area contributed by atoms with Gasteiger partial charge in [0.15, 0.2) is 0 Å². The second-order valence-corrected chi connectivity index (χ2v) is 9.79. The van der Waals surface area contributed by atoms with E-state index in [0.717, 1.165) is 16.7 Å². The Labute approximate surface area is 208 Å². The van der Waals surface area contributed by atoms with Crippen LogP contribution in [0.4, 0.5) is 0 Å². The Balaban J connectivity index is 1.45. The van der Waals surface area contributed by atoms with E-state index in [2.05, 4.69) is 6.58 Å². The Morgan fingerprint density at radius 1 is 1.00 bits per heavy atom. The molecule has 0 N–H and O–H groups in total. The van der Waals surface area contributed by atoms with Gasteiger partial charge in [-0.3, -0.25) is 9.59 Å². The highest BCUT2D eigenvalue weighted by molar-refractivity contribution is 6.37. The van der Waals surface area contributed by atoms with Crippen molar-refractivity contribution in [1.29, 1.82) is 0 Å². The van der Waals surface area contributed by atoms with Crippen LogP contribution in [-0.2, 0) is 16.0 Å². The van der Waals surface area contributed by atoms with Gasteiger partial charge in [-0.05, 0) is 48.4 Å². The lowest BCUT2D eigenvalue weighted by atomic mass is 9.99. The Bertz CT molecular complexity index is 1090. The fraction of sp³-hybridized carbons (Fsp3) is 0.360. The number of carbonyl (C=O) groups excluding carboxylic acids is 2. The van der Waals surface area contributed by atoms with Gasteiger partial charge in [0.05, 0.1) is 12.1 Å². The third-order valence-corrected chi connectivity index (χ3v) is 7.40. The molecule has 0 saturated carbocycles. The van der Waals surface area contributed by atoms with Gasteiger partial charge in [0.1, 0.15) is 5.75 Å². The molecule has 2 unspecified atom stereocenters. The molecular weight excluding hydrogens is 483 g/mol. The van der Waals surface area contributed by atoms with Crippen molar-refractivity contribution in [3.8, 4) is 16.9 Å². The first kappa shape index (κ1) is 23.9. The highest BCUT2D eigenvalue weighted by Crippen LogP contribution is 2.39. The molecule has 2 atom stereocenters. The molecule has 4 rings (SSSR count). The SMILES string of the molecule is C=CC(=O)N1CC2CN(C(=O)CCc3cc(-c4cc(Cl)ccc4Cl)c(Cl)cc3OC)CC2C1. The van der Waals surface area contributed by atoms with E-state index in [9.17, 15) is 9.59 Å². The molecule has 2 amide bonds. The average Bonchev–Trinajstić information content (AvgIpc) is 3.38. The topological polar surface area (TPSA) is 49.9 Å². The summed E-state index contributed by atoms with van der Waals surface area (Å²) in [4.78, 5) is 28.6. The zero-order valence-electron chi connectivity index (χ0n) is 18.3. The van der Waals surface area contributed by atoms with E-state index >= 15 is 0 Å². The number of benzene rings is 2. The maximum atomic E-state index is 13.0. The predicted octanol–water partition coefficient (Wildman–Crippen LogP) is 5.36. The van der Waals surface area contributed by atoms with Gasteiger partial charge in [0, 0.05) is 65.6 Å². The molecule has 0 aliphatic carbocycles. The number of fused-ring (bicyclic) bond motifs is 1.